The molecule has 2 nitrogen and oxygen atoms in total. The zero-order chi connectivity index (χ0) is 14.9. The van der Waals surface area contributed by atoms with Crippen molar-refractivity contribution in [3.8, 4) is 11.8 Å². The van der Waals surface area contributed by atoms with Crippen molar-refractivity contribution in [2.45, 2.75) is 58.3 Å². The monoisotopic (exact) mass is 274 g/mol. The van der Waals surface area contributed by atoms with E-state index in [-0.39, 0.29) is 6.42 Å². The molecule has 0 heterocycles. The van der Waals surface area contributed by atoms with Gasteiger partial charge in [-0.3, -0.25) is 4.79 Å². The minimum Gasteiger partial charge on any atom is -0.481 e. The number of allylic oxidation sites excluding steroid dienone is 6. The molecule has 0 aromatic carbocycles. The van der Waals surface area contributed by atoms with Crippen LogP contribution in [-0.4, -0.2) is 11.1 Å². The van der Waals surface area contributed by atoms with Gasteiger partial charge >= 0.3 is 5.97 Å². The molecule has 20 heavy (non-hydrogen) atoms. The molecule has 0 rings (SSSR count). The number of carboxylic acid groups (broad SMARTS) is 1. The molecule has 0 amide bonds. The summed E-state index contributed by atoms with van der Waals surface area (Å²) >= 11 is 0. The van der Waals surface area contributed by atoms with Crippen LogP contribution in [0.5, 0.6) is 0 Å². The lowest BCUT2D eigenvalue weighted by atomic mass is 10.2. The predicted molar refractivity (Wildman–Crippen MR) is 85.4 cm³/mol. The molecule has 0 aliphatic carbocycles. The predicted octanol–water partition coefficient (Wildman–Crippen LogP) is 4.88. The fourth-order valence-electron chi connectivity index (χ4n) is 1.50. The maximum absolute atomic E-state index is 10.3. The molecular formula is C18H26O2. The molecule has 0 saturated heterocycles. The topological polar surface area (TPSA) is 37.3 Å². The first kappa shape index (κ1) is 18.2. The van der Waals surface area contributed by atoms with Gasteiger partial charge in [-0.15, -0.1) is 5.92 Å². The number of rotatable bonds is 10. The Morgan fingerprint density at radius 1 is 0.950 bits per heavy atom. The molecular weight excluding hydrogens is 248 g/mol. The van der Waals surface area contributed by atoms with Gasteiger partial charge in [-0.05, 0) is 32.1 Å². The molecule has 0 spiro atoms. The molecule has 0 saturated carbocycles. The Morgan fingerprint density at radius 2 is 1.60 bits per heavy atom. The van der Waals surface area contributed by atoms with Crippen molar-refractivity contribution in [1.82, 2.24) is 0 Å². The summed E-state index contributed by atoms with van der Waals surface area (Å²) in [7, 11) is 0. The van der Waals surface area contributed by atoms with Crippen molar-refractivity contribution in [1.29, 1.82) is 0 Å². The number of carbonyl (C=O) groups is 1. The van der Waals surface area contributed by atoms with Crippen LogP contribution in [0.15, 0.2) is 36.5 Å². The van der Waals surface area contributed by atoms with Crippen molar-refractivity contribution in [2.24, 2.45) is 0 Å². The van der Waals surface area contributed by atoms with E-state index in [1.54, 1.807) is 0 Å². The molecule has 0 aromatic rings. The first-order valence-electron chi connectivity index (χ1n) is 7.39. The second kappa shape index (κ2) is 15.3. The highest BCUT2D eigenvalue weighted by Gasteiger charge is 1.93. The van der Waals surface area contributed by atoms with Crippen LogP contribution in [0.2, 0.25) is 0 Å². The van der Waals surface area contributed by atoms with Crippen LogP contribution in [0.1, 0.15) is 58.3 Å². The summed E-state index contributed by atoms with van der Waals surface area (Å²) in [4.78, 5) is 10.3. The van der Waals surface area contributed by atoms with Gasteiger partial charge in [-0.1, -0.05) is 49.3 Å². The first-order valence-corrected chi connectivity index (χ1v) is 7.39. The Kier molecular flexibility index (Phi) is 14.0. The zero-order valence-corrected chi connectivity index (χ0v) is 12.5. The van der Waals surface area contributed by atoms with Crippen LogP contribution in [-0.2, 0) is 4.79 Å². The summed E-state index contributed by atoms with van der Waals surface area (Å²) < 4.78 is 0. The van der Waals surface area contributed by atoms with Crippen molar-refractivity contribution in [3.63, 3.8) is 0 Å². The molecule has 1 N–H and O–H groups in total. The summed E-state index contributed by atoms with van der Waals surface area (Å²) in [6.45, 7) is 2.14. The summed E-state index contributed by atoms with van der Waals surface area (Å²) in [6, 6.07) is 0. The number of hydrogen-bond donors (Lipinski definition) is 1. The third kappa shape index (κ3) is 16.2. The van der Waals surface area contributed by atoms with Crippen LogP contribution in [0, 0.1) is 11.8 Å². The third-order valence-corrected chi connectivity index (χ3v) is 2.57. The van der Waals surface area contributed by atoms with Gasteiger partial charge in [0.1, 0.15) is 0 Å². The van der Waals surface area contributed by atoms with Crippen LogP contribution >= 0.6 is 0 Å². The maximum atomic E-state index is 10.3. The molecule has 0 fully saturated rings. The van der Waals surface area contributed by atoms with E-state index in [9.17, 15) is 4.79 Å². The smallest absolute Gasteiger partial charge is 0.303 e. The zero-order valence-electron chi connectivity index (χ0n) is 12.5. The van der Waals surface area contributed by atoms with E-state index in [1.807, 2.05) is 0 Å². The van der Waals surface area contributed by atoms with E-state index in [0.717, 1.165) is 44.9 Å². The standard InChI is InChI=1S/C18H26O2/c1-2-3-4-5-6-7-8-9-10-11-12-13-14-15-16-17-18(19)20/h3-4,6-7,9-10H,2,5,8,11,14-17H2,1H3,(H,19,20)/b4-3-,7-6-,10-9-. The average Bonchev–Trinajstić information content (AvgIpc) is 2.43. The van der Waals surface area contributed by atoms with Crippen molar-refractivity contribution in [3.05, 3.63) is 36.5 Å². The summed E-state index contributed by atoms with van der Waals surface area (Å²) in [5, 5.41) is 8.46. The Morgan fingerprint density at radius 3 is 2.25 bits per heavy atom. The highest BCUT2D eigenvalue weighted by Crippen LogP contribution is 1.98. The lowest BCUT2D eigenvalue weighted by molar-refractivity contribution is -0.137. The van der Waals surface area contributed by atoms with E-state index in [2.05, 4.69) is 55.2 Å². The molecule has 0 aliphatic heterocycles. The molecule has 0 aromatic heterocycles. The average molecular weight is 274 g/mol. The number of unbranched alkanes of at least 4 members (excludes halogenated alkanes) is 2. The third-order valence-electron chi connectivity index (χ3n) is 2.57. The van der Waals surface area contributed by atoms with E-state index < -0.39 is 5.97 Å². The highest BCUT2D eigenvalue weighted by atomic mass is 16.4. The van der Waals surface area contributed by atoms with Crippen molar-refractivity contribution in [2.75, 3.05) is 0 Å². The summed E-state index contributed by atoms with van der Waals surface area (Å²) in [5.41, 5.74) is 0. The summed E-state index contributed by atoms with van der Waals surface area (Å²) in [6.07, 6.45) is 19.4. The van der Waals surface area contributed by atoms with Crippen LogP contribution in [0.4, 0.5) is 0 Å². The van der Waals surface area contributed by atoms with Gasteiger partial charge in [0.2, 0.25) is 0 Å². The molecule has 0 atom stereocenters. The Bertz CT molecular complexity index is 378. The Hall–Kier alpha value is -1.75. The Labute approximate surface area is 123 Å². The number of hydrogen-bond acceptors (Lipinski definition) is 1. The van der Waals surface area contributed by atoms with E-state index >= 15 is 0 Å². The van der Waals surface area contributed by atoms with Gasteiger partial charge in [-0.25, -0.2) is 0 Å². The van der Waals surface area contributed by atoms with Gasteiger partial charge in [0.15, 0.2) is 0 Å². The first-order chi connectivity index (χ1) is 9.77. The maximum Gasteiger partial charge on any atom is 0.303 e. The minimum absolute atomic E-state index is 0.251. The lowest BCUT2D eigenvalue weighted by Gasteiger charge is -1.90. The van der Waals surface area contributed by atoms with Gasteiger partial charge in [0, 0.05) is 19.3 Å². The normalized spacial score (nSPS) is 11.2. The largest absolute Gasteiger partial charge is 0.481 e. The van der Waals surface area contributed by atoms with Gasteiger partial charge in [0.25, 0.3) is 0 Å². The van der Waals surface area contributed by atoms with Gasteiger partial charge < -0.3 is 5.11 Å². The van der Waals surface area contributed by atoms with Crippen molar-refractivity contribution < 1.29 is 9.90 Å². The molecule has 2 heteroatoms. The van der Waals surface area contributed by atoms with E-state index in [1.165, 1.54) is 0 Å². The van der Waals surface area contributed by atoms with Gasteiger partial charge in [-0.2, -0.15) is 0 Å². The van der Waals surface area contributed by atoms with Crippen LogP contribution in [0.3, 0.4) is 0 Å². The fraction of sp³-hybridized carbons (Fsp3) is 0.500. The molecule has 0 aliphatic rings. The van der Waals surface area contributed by atoms with E-state index in [4.69, 9.17) is 5.11 Å². The van der Waals surface area contributed by atoms with Gasteiger partial charge in [0.05, 0.1) is 0 Å². The van der Waals surface area contributed by atoms with Crippen LogP contribution in [0.25, 0.3) is 0 Å². The number of aliphatic carboxylic acids is 1. The fourth-order valence-corrected chi connectivity index (χ4v) is 1.50. The summed E-state index contributed by atoms with van der Waals surface area (Å²) in [5.74, 6) is 5.41. The molecule has 0 radical (unpaired) electrons. The Balaban J connectivity index is 3.43. The SMILES string of the molecule is CC/C=C\C/C=C\C/C=C\CC#CCCCCC(=O)O. The molecule has 0 unspecified atom stereocenters. The lowest BCUT2D eigenvalue weighted by Crippen LogP contribution is -1.92. The van der Waals surface area contributed by atoms with Crippen LogP contribution < -0.4 is 0 Å². The van der Waals surface area contributed by atoms with E-state index in [0.29, 0.717) is 0 Å². The molecule has 110 valence electrons. The molecule has 0 bridgehead atoms. The quantitative estimate of drug-likeness (QED) is 0.350. The van der Waals surface area contributed by atoms with Crippen molar-refractivity contribution >= 4 is 5.97 Å². The number of carboxylic acids is 1. The second-order valence-corrected chi connectivity index (χ2v) is 4.45. The minimum atomic E-state index is -0.723. The highest BCUT2D eigenvalue weighted by molar-refractivity contribution is 5.66. The second-order valence-electron chi connectivity index (χ2n) is 4.45.